The van der Waals surface area contributed by atoms with E-state index < -0.39 is 6.10 Å². The van der Waals surface area contributed by atoms with Gasteiger partial charge in [0.1, 0.15) is 24.1 Å². The Hall–Kier alpha value is -2.40. The molecule has 28 heavy (non-hydrogen) atoms. The van der Waals surface area contributed by atoms with Crippen LogP contribution in [0.5, 0.6) is 6.01 Å². The second-order valence-electron chi connectivity index (χ2n) is 6.93. The van der Waals surface area contributed by atoms with Crippen molar-refractivity contribution in [2.75, 3.05) is 18.5 Å². The van der Waals surface area contributed by atoms with Gasteiger partial charge in [0.05, 0.1) is 29.9 Å². The van der Waals surface area contributed by atoms with Crippen LogP contribution in [-0.4, -0.2) is 67.5 Å². The number of ether oxygens (including phenoxy) is 3. The van der Waals surface area contributed by atoms with E-state index in [4.69, 9.17) is 25.8 Å². The van der Waals surface area contributed by atoms with Crippen LogP contribution in [0.3, 0.4) is 0 Å². The first-order valence-electron chi connectivity index (χ1n) is 8.92. The summed E-state index contributed by atoms with van der Waals surface area (Å²) in [4.78, 5) is 11.9. The van der Waals surface area contributed by atoms with Crippen molar-refractivity contribution < 1.29 is 19.3 Å². The van der Waals surface area contributed by atoms with Crippen LogP contribution in [0.25, 0.3) is 11.2 Å². The number of aliphatic hydroxyl groups excluding tert-OH is 1. The molecule has 0 amide bonds. The molecule has 0 aromatic carbocycles. The zero-order valence-corrected chi connectivity index (χ0v) is 15.8. The van der Waals surface area contributed by atoms with Gasteiger partial charge in [-0.2, -0.15) is 10.1 Å². The molecule has 0 spiro atoms. The number of aromatic amines is 1. The first kappa shape index (κ1) is 17.7. The topological polar surface area (TPSA) is 119 Å². The van der Waals surface area contributed by atoms with Gasteiger partial charge in [-0.15, -0.1) is 0 Å². The first-order valence-corrected chi connectivity index (χ1v) is 9.30. The highest BCUT2D eigenvalue weighted by Crippen LogP contribution is 2.30. The molecule has 10 nitrogen and oxygen atoms in total. The summed E-state index contributed by atoms with van der Waals surface area (Å²) in [5.74, 6) is 0.530. The van der Waals surface area contributed by atoms with E-state index in [0.29, 0.717) is 41.2 Å². The van der Waals surface area contributed by atoms with Gasteiger partial charge < -0.3 is 29.6 Å². The first-order chi connectivity index (χ1) is 13.6. The fraction of sp³-hybridized carbons (Fsp3) is 0.471. The number of aryl methyl sites for hydroxylation is 1. The number of nitrogens with zero attached hydrogens (tertiary/aromatic N) is 4. The Morgan fingerprint density at radius 1 is 1.36 bits per heavy atom. The van der Waals surface area contributed by atoms with Gasteiger partial charge in [0.25, 0.3) is 6.01 Å². The molecule has 4 atom stereocenters. The lowest BCUT2D eigenvalue weighted by Crippen LogP contribution is -2.34. The predicted octanol–water partition coefficient (Wildman–Crippen LogP) is 0.863. The summed E-state index contributed by atoms with van der Waals surface area (Å²) in [6.45, 7) is 1.12. The minimum atomic E-state index is -0.622. The maximum absolute atomic E-state index is 9.83. The van der Waals surface area contributed by atoms with Crippen LogP contribution in [-0.2, 0) is 23.1 Å². The zero-order chi connectivity index (χ0) is 19.3. The second kappa shape index (κ2) is 6.89. The number of hydrogen-bond acceptors (Lipinski definition) is 8. The Balaban J connectivity index is 1.32. The van der Waals surface area contributed by atoms with Crippen LogP contribution in [0.2, 0.25) is 5.02 Å². The molecule has 2 fully saturated rings. The Kier molecular flexibility index (Phi) is 4.35. The van der Waals surface area contributed by atoms with Crippen molar-refractivity contribution in [3.63, 3.8) is 0 Å². The largest absolute Gasteiger partial charge is 0.456 e. The summed E-state index contributed by atoms with van der Waals surface area (Å²) in [5.41, 5.74) is 2.16. The summed E-state index contributed by atoms with van der Waals surface area (Å²) >= 11 is 6.34. The lowest BCUT2D eigenvalue weighted by molar-refractivity contribution is 0.00706. The van der Waals surface area contributed by atoms with Gasteiger partial charge in [0.15, 0.2) is 11.8 Å². The van der Waals surface area contributed by atoms with E-state index in [1.54, 1.807) is 16.9 Å². The van der Waals surface area contributed by atoms with Crippen LogP contribution in [0.4, 0.5) is 5.82 Å². The molecule has 11 heteroatoms. The Bertz CT molecular complexity index is 1010. The van der Waals surface area contributed by atoms with Crippen LogP contribution < -0.4 is 10.1 Å². The molecule has 3 N–H and O–H groups in total. The lowest BCUT2D eigenvalue weighted by Gasteiger charge is -2.15. The van der Waals surface area contributed by atoms with Gasteiger partial charge in [0, 0.05) is 25.4 Å². The van der Waals surface area contributed by atoms with Gasteiger partial charge in [-0.3, -0.25) is 4.68 Å². The number of aliphatic hydroxyl groups is 1. The molecule has 148 valence electrons. The van der Waals surface area contributed by atoms with Crippen molar-refractivity contribution >= 4 is 28.6 Å². The number of anilines is 1. The average molecular weight is 407 g/mol. The molecular formula is C17H19ClN6O4. The van der Waals surface area contributed by atoms with E-state index in [1.807, 2.05) is 13.2 Å². The molecule has 3 aromatic rings. The molecule has 0 radical (unpaired) electrons. The van der Waals surface area contributed by atoms with E-state index in [-0.39, 0.29) is 24.9 Å². The molecule has 0 saturated carbocycles. The summed E-state index contributed by atoms with van der Waals surface area (Å²) in [7, 11) is 1.86. The Morgan fingerprint density at radius 3 is 3.04 bits per heavy atom. The normalized spacial score (nSPS) is 26.7. The van der Waals surface area contributed by atoms with Crippen molar-refractivity contribution in [1.82, 2.24) is 24.7 Å². The highest BCUT2D eigenvalue weighted by molar-refractivity contribution is 6.33. The highest BCUT2D eigenvalue weighted by Gasteiger charge is 2.48. The number of rotatable bonds is 5. The zero-order valence-electron chi connectivity index (χ0n) is 15.0. The van der Waals surface area contributed by atoms with Crippen molar-refractivity contribution in [2.24, 2.45) is 7.05 Å². The number of nitrogens with one attached hydrogen (secondary N) is 2. The molecule has 5 heterocycles. The van der Waals surface area contributed by atoms with Crippen LogP contribution >= 0.6 is 11.6 Å². The second-order valence-corrected chi connectivity index (χ2v) is 7.33. The molecule has 0 bridgehead atoms. The number of fused-ring (bicyclic) bond motifs is 2. The molecule has 3 aromatic heterocycles. The van der Waals surface area contributed by atoms with E-state index in [9.17, 15) is 5.11 Å². The van der Waals surface area contributed by atoms with E-state index in [0.717, 1.165) is 5.56 Å². The maximum Gasteiger partial charge on any atom is 0.296 e. The minimum absolute atomic E-state index is 0.248. The third-order valence-electron chi connectivity index (χ3n) is 4.87. The Morgan fingerprint density at radius 2 is 2.21 bits per heavy atom. The smallest absolute Gasteiger partial charge is 0.296 e. The number of halogens is 1. The monoisotopic (exact) mass is 406 g/mol. The predicted molar refractivity (Wildman–Crippen MR) is 99.3 cm³/mol. The third kappa shape index (κ3) is 3.18. The summed E-state index contributed by atoms with van der Waals surface area (Å²) in [6.07, 6.45) is 2.06. The molecule has 5 rings (SSSR count). The van der Waals surface area contributed by atoms with Crippen molar-refractivity contribution in [1.29, 1.82) is 0 Å². The molecular weight excluding hydrogens is 388 g/mol. The fourth-order valence-electron chi connectivity index (χ4n) is 3.51. The van der Waals surface area contributed by atoms with Crippen LogP contribution in [0.1, 0.15) is 5.56 Å². The lowest BCUT2D eigenvalue weighted by atomic mass is 10.1. The fourth-order valence-corrected chi connectivity index (χ4v) is 3.73. The van der Waals surface area contributed by atoms with Gasteiger partial charge in [-0.25, -0.2) is 4.98 Å². The molecule has 2 aliphatic rings. The van der Waals surface area contributed by atoms with E-state index >= 15 is 0 Å². The number of aromatic nitrogens is 5. The summed E-state index contributed by atoms with van der Waals surface area (Å²) < 4.78 is 18.8. The van der Waals surface area contributed by atoms with Crippen molar-refractivity contribution in [3.8, 4) is 6.01 Å². The SMILES string of the molecule is Cn1cc(CNc2nc3nc(O[C@@H]4CO[C@H]5[C@@H]4OC[C@H]5O)[nH]c3cc2Cl)cn1. The van der Waals surface area contributed by atoms with Crippen LogP contribution in [0, 0.1) is 0 Å². The molecule has 0 unspecified atom stereocenters. The molecule has 0 aliphatic carbocycles. The number of imidazole rings is 1. The quantitative estimate of drug-likeness (QED) is 0.571. The Labute approximate surface area is 164 Å². The summed E-state index contributed by atoms with van der Waals surface area (Å²) in [5, 5.41) is 17.6. The maximum atomic E-state index is 9.83. The van der Waals surface area contributed by atoms with Crippen molar-refractivity contribution in [2.45, 2.75) is 31.0 Å². The average Bonchev–Trinajstić information content (AvgIpc) is 3.41. The third-order valence-corrected chi connectivity index (χ3v) is 5.16. The van der Waals surface area contributed by atoms with Gasteiger partial charge in [-0.1, -0.05) is 11.6 Å². The van der Waals surface area contributed by atoms with Crippen molar-refractivity contribution in [3.05, 3.63) is 29.0 Å². The minimum Gasteiger partial charge on any atom is -0.456 e. The number of pyridine rings is 1. The van der Waals surface area contributed by atoms with Gasteiger partial charge in [0.2, 0.25) is 0 Å². The highest BCUT2D eigenvalue weighted by atomic mass is 35.5. The van der Waals surface area contributed by atoms with Crippen LogP contribution in [0.15, 0.2) is 18.5 Å². The van der Waals surface area contributed by atoms with Gasteiger partial charge in [-0.05, 0) is 6.07 Å². The number of H-pyrrole nitrogens is 1. The van der Waals surface area contributed by atoms with E-state index in [2.05, 4.69) is 25.4 Å². The standard InChI is InChI=1S/C17H19ClN6O4/c1-24-5-8(4-20-24)3-19-15-9(18)2-10-16(22-15)23-17(21-10)28-12-7-27-13-11(25)6-26-14(12)13/h2,4-5,11-14,25H,3,6-7H2,1H3,(H2,19,21,22,23)/t11-,12-,13-,14-/m1/s1. The molecule has 2 saturated heterocycles. The molecule has 2 aliphatic heterocycles. The number of hydrogen-bond donors (Lipinski definition) is 3. The summed E-state index contributed by atoms with van der Waals surface area (Å²) in [6, 6.07) is 2.06. The van der Waals surface area contributed by atoms with Gasteiger partial charge >= 0.3 is 0 Å². The van der Waals surface area contributed by atoms with E-state index in [1.165, 1.54) is 0 Å².